The minimum atomic E-state index is -1.54. The second kappa shape index (κ2) is 38.2. The van der Waals surface area contributed by atoms with Crippen LogP contribution in [0, 0.1) is 0 Å². The van der Waals surface area contributed by atoms with Gasteiger partial charge in [0.05, 0.1) is 19.8 Å². The molecule has 9 heteroatoms. The van der Waals surface area contributed by atoms with Crippen LogP contribution in [0.5, 0.6) is 0 Å². The molecule has 0 radical (unpaired) electrons. The van der Waals surface area contributed by atoms with Crippen molar-refractivity contribution in [2.45, 2.75) is 237 Å². The molecule has 6 atom stereocenters. The molecule has 1 aliphatic heterocycles. The van der Waals surface area contributed by atoms with Gasteiger partial charge in [0, 0.05) is 13.0 Å². The third-order valence-corrected chi connectivity index (χ3v) is 10.6. The number of ether oxygens (including phenoxy) is 4. The Hall–Kier alpha value is -1.33. The molecule has 1 aliphatic rings. The molecule has 1 saturated heterocycles. The number of allylic oxidation sites excluding steroid dienone is 4. The number of hydrogen-bond acceptors (Lipinski definition) is 9. The van der Waals surface area contributed by atoms with E-state index in [0.29, 0.717) is 13.0 Å². The van der Waals surface area contributed by atoms with Gasteiger partial charge in [-0.15, -0.1) is 0 Å². The molecule has 0 aromatic rings. The summed E-state index contributed by atoms with van der Waals surface area (Å²) in [4.78, 5) is 12.8. The SMILES string of the molecule is CCC/C=C\C/C=C\CCCCCCCCOCC(COC1OC(CO)C(O)C(O)C1O)OC(=O)CCCCCCCCCCCCCCCCCCCC. The highest BCUT2D eigenvalue weighted by Gasteiger charge is 2.44. The minimum absolute atomic E-state index is 0.114. The summed E-state index contributed by atoms with van der Waals surface area (Å²) in [6, 6.07) is 0. The Morgan fingerprint density at radius 1 is 0.582 bits per heavy atom. The summed E-state index contributed by atoms with van der Waals surface area (Å²) in [6.45, 7) is 4.50. The Kier molecular flexibility index (Phi) is 35.9. The van der Waals surface area contributed by atoms with Gasteiger partial charge in [-0.3, -0.25) is 4.79 Å². The number of carbonyl (C=O) groups is 1. The zero-order valence-electron chi connectivity index (χ0n) is 35.4. The van der Waals surface area contributed by atoms with Crippen LogP contribution in [0.1, 0.15) is 200 Å². The van der Waals surface area contributed by atoms with E-state index in [2.05, 4.69) is 38.2 Å². The van der Waals surface area contributed by atoms with Gasteiger partial charge in [-0.25, -0.2) is 0 Å². The second-order valence-corrected chi connectivity index (χ2v) is 15.9. The summed E-state index contributed by atoms with van der Waals surface area (Å²) in [5, 5.41) is 40.1. The highest BCUT2D eigenvalue weighted by Crippen LogP contribution is 2.23. The van der Waals surface area contributed by atoms with E-state index >= 15 is 0 Å². The molecule has 0 aliphatic carbocycles. The van der Waals surface area contributed by atoms with Crippen LogP contribution in [-0.4, -0.2) is 89.6 Å². The van der Waals surface area contributed by atoms with E-state index in [1.807, 2.05) is 0 Å². The van der Waals surface area contributed by atoms with Gasteiger partial charge in [0.2, 0.25) is 0 Å². The van der Waals surface area contributed by atoms with Crippen LogP contribution in [0.25, 0.3) is 0 Å². The first kappa shape index (κ1) is 51.7. The van der Waals surface area contributed by atoms with Crippen LogP contribution < -0.4 is 0 Å². The van der Waals surface area contributed by atoms with Gasteiger partial charge < -0.3 is 39.4 Å². The van der Waals surface area contributed by atoms with Crippen LogP contribution in [0.3, 0.4) is 0 Å². The van der Waals surface area contributed by atoms with Crippen molar-refractivity contribution >= 4 is 5.97 Å². The first-order chi connectivity index (χ1) is 26.9. The van der Waals surface area contributed by atoms with Crippen LogP contribution in [-0.2, 0) is 23.7 Å². The number of esters is 1. The standard InChI is InChI=1S/C46H86O9/c1-3-5-7-9-11-13-15-17-19-20-21-22-23-25-27-29-31-33-35-42(48)54-40(39-53-46-45(51)44(50)43(49)41(37-47)55-46)38-52-36-34-32-30-28-26-24-18-16-14-12-10-8-6-4-2/h8,10,14,16,40-41,43-47,49-51H,3-7,9,11-13,15,17-39H2,1-2H3/b10-8-,16-14-. The molecular weight excluding hydrogens is 696 g/mol. The van der Waals surface area contributed by atoms with Gasteiger partial charge >= 0.3 is 5.97 Å². The molecule has 0 aromatic heterocycles. The Labute approximate surface area is 337 Å². The lowest BCUT2D eigenvalue weighted by Gasteiger charge is -2.39. The highest BCUT2D eigenvalue weighted by atomic mass is 16.7. The molecule has 1 fully saturated rings. The predicted octanol–water partition coefficient (Wildman–Crippen LogP) is 10.2. The molecule has 0 aromatic carbocycles. The van der Waals surface area contributed by atoms with Crippen molar-refractivity contribution in [2.24, 2.45) is 0 Å². The molecular formula is C46H86O9. The fourth-order valence-electron chi connectivity index (χ4n) is 7.00. The fourth-order valence-corrected chi connectivity index (χ4v) is 7.00. The summed E-state index contributed by atoms with van der Waals surface area (Å²) >= 11 is 0. The number of hydrogen-bond donors (Lipinski definition) is 4. The van der Waals surface area contributed by atoms with Gasteiger partial charge in [-0.2, -0.15) is 0 Å². The van der Waals surface area contributed by atoms with Crippen LogP contribution >= 0.6 is 0 Å². The lowest BCUT2D eigenvalue weighted by atomic mass is 9.99. The topological polar surface area (TPSA) is 135 Å². The Morgan fingerprint density at radius 3 is 1.64 bits per heavy atom. The van der Waals surface area contributed by atoms with Crippen molar-refractivity contribution in [1.82, 2.24) is 0 Å². The smallest absolute Gasteiger partial charge is 0.306 e. The zero-order chi connectivity index (χ0) is 40.0. The molecule has 6 unspecified atom stereocenters. The second-order valence-electron chi connectivity index (χ2n) is 15.9. The van der Waals surface area contributed by atoms with Crippen molar-refractivity contribution in [3.63, 3.8) is 0 Å². The number of carbonyl (C=O) groups excluding carboxylic acids is 1. The molecule has 9 nitrogen and oxygen atoms in total. The highest BCUT2D eigenvalue weighted by molar-refractivity contribution is 5.69. The molecule has 1 rings (SSSR count). The average Bonchev–Trinajstić information content (AvgIpc) is 3.18. The van der Waals surface area contributed by atoms with E-state index in [4.69, 9.17) is 18.9 Å². The van der Waals surface area contributed by atoms with E-state index in [-0.39, 0.29) is 19.2 Å². The van der Waals surface area contributed by atoms with Crippen molar-refractivity contribution in [2.75, 3.05) is 26.4 Å². The molecule has 0 amide bonds. The molecule has 324 valence electrons. The first-order valence-corrected chi connectivity index (χ1v) is 22.9. The number of aliphatic hydroxyl groups excluding tert-OH is 4. The van der Waals surface area contributed by atoms with Gasteiger partial charge in [0.15, 0.2) is 6.29 Å². The van der Waals surface area contributed by atoms with Crippen molar-refractivity contribution in [1.29, 1.82) is 0 Å². The predicted molar refractivity (Wildman–Crippen MR) is 224 cm³/mol. The zero-order valence-corrected chi connectivity index (χ0v) is 35.4. The molecule has 4 N–H and O–H groups in total. The lowest BCUT2D eigenvalue weighted by molar-refractivity contribution is -0.305. The third kappa shape index (κ3) is 29.5. The molecule has 0 bridgehead atoms. The number of unbranched alkanes of at least 4 members (excludes halogenated alkanes) is 24. The van der Waals surface area contributed by atoms with Gasteiger partial charge in [0.25, 0.3) is 0 Å². The molecule has 1 heterocycles. The Bertz CT molecular complexity index is 895. The lowest BCUT2D eigenvalue weighted by Crippen LogP contribution is -2.59. The largest absolute Gasteiger partial charge is 0.457 e. The Morgan fingerprint density at radius 2 is 1.09 bits per heavy atom. The first-order valence-electron chi connectivity index (χ1n) is 22.9. The maximum atomic E-state index is 12.8. The maximum absolute atomic E-state index is 12.8. The van der Waals surface area contributed by atoms with Gasteiger partial charge in [-0.05, 0) is 38.5 Å². The summed E-state index contributed by atoms with van der Waals surface area (Å²) in [6.07, 6.45) is 36.3. The van der Waals surface area contributed by atoms with Gasteiger partial charge in [0.1, 0.15) is 30.5 Å². The van der Waals surface area contributed by atoms with Gasteiger partial charge in [-0.1, -0.05) is 179 Å². The third-order valence-electron chi connectivity index (χ3n) is 10.6. The van der Waals surface area contributed by atoms with Crippen molar-refractivity contribution in [3.05, 3.63) is 24.3 Å². The molecule has 0 spiro atoms. The van der Waals surface area contributed by atoms with E-state index in [1.165, 1.54) is 122 Å². The van der Waals surface area contributed by atoms with Crippen LogP contribution in [0.15, 0.2) is 24.3 Å². The Balaban J connectivity index is 2.24. The van der Waals surface area contributed by atoms with Crippen LogP contribution in [0.2, 0.25) is 0 Å². The summed E-state index contributed by atoms with van der Waals surface area (Å²) < 4.78 is 22.8. The van der Waals surface area contributed by atoms with Crippen molar-refractivity contribution < 1.29 is 44.2 Å². The number of aliphatic hydroxyl groups is 4. The van der Waals surface area contributed by atoms with E-state index < -0.39 is 43.4 Å². The monoisotopic (exact) mass is 783 g/mol. The fraction of sp³-hybridized carbons (Fsp3) is 0.891. The quantitative estimate of drug-likeness (QED) is 0.0273. The molecule has 55 heavy (non-hydrogen) atoms. The van der Waals surface area contributed by atoms with Crippen LogP contribution in [0.4, 0.5) is 0 Å². The van der Waals surface area contributed by atoms with Crippen molar-refractivity contribution in [3.8, 4) is 0 Å². The summed E-state index contributed by atoms with van der Waals surface area (Å²) in [7, 11) is 0. The van der Waals surface area contributed by atoms with E-state index in [0.717, 1.165) is 57.8 Å². The van der Waals surface area contributed by atoms with E-state index in [1.54, 1.807) is 0 Å². The minimum Gasteiger partial charge on any atom is -0.457 e. The maximum Gasteiger partial charge on any atom is 0.306 e. The molecule has 0 saturated carbocycles. The summed E-state index contributed by atoms with van der Waals surface area (Å²) in [5.41, 5.74) is 0. The summed E-state index contributed by atoms with van der Waals surface area (Å²) in [5.74, 6) is -0.315. The number of rotatable bonds is 39. The normalized spacial score (nSPS) is 20.9. The average molecular weight is 783 g/mol. The van der Waals surface area contributed by atoms with E-state index in [9.17, 15) is 25.2 Å².